The Hall–Kier alpha value is -1.55. The van der Waals surface area contributed by atoms with Crippen LogP contribution in [0.3, 0.4) is 0 Å². The summed E-state index contributed by atoms with van der Waals surface area (Å²) in [7, 11) is 0. The molecule has 2 rings (SSSR count). The number of carboxylic acids is 1. The van der Waals surface area contributed by atoms with E-state index in [1.807, 2.05) is 0 Å². The number of carbonyl (C=O) groups is 1. The maximum absolute atomic E-state index is 10.7. The molecule has 0 aliphatic heterocycles. The van der Waals surface area contributed by atoms with Crippen molar-refractivity contribution in [1.29, 1.82) is 0 Å². The number of carboxylic acid groups (broad SMARTS) is 1. The lowest BCUT2D eigenvalue weighted by Crippen LogP contribution is -2.03. The molecular formula is C8H5ClN2O2. The number of rotatable bonds is 1. The number of fused-ring (bicyclic) bond motifs is 1. The van der Waals surface area contributed by atoms with Crippen LogP contribution in [0, 0.1) is 0 Å². The van der Waals surface area contributed by atoms with E-state index in [9.17, 15) is 4.79 Å². The van der Waals surface area contributed by atoms with Crippen molar-refractivity contribution >= 4 is 23.2 Å². The van der Waals surface area contributed by atoms with Gasteiger partial charge in [0.1, 0.15) is 16.5 Å². The van der Waals surface area contributed by atoms with Crippen molar-refractivity contribution < 1.29 is 9.90 Å². The third-order valence-corrected chi connectivity index (χ3v) is 1.86. The van der Waals surface area contributed by atoms with Gasteiger partial charge in [0.2, 0.25) is 0 Å². The average molecular weight is 197 g/mol. The fourth-order valence-corrected chi connectivity index (χ4v) is 1.34. The monoisotopic (exact) mass is 196 g/mol. The average Bonchev–Trinajstić information content (AvgIpc) is 2.43. The van der Waals surface area contributed by atoms with Crippen LogP contribution < -0.4 is 0 Å². The molecule has 0 saturated carbocycles. The molecule has 0 aromatic carbocycles. The second kappa shape index (κ2) is 2.74. The molecule has 13 heavy (non-hydrogen) atoms. The maximum atomic E-state index is 10.7. The van der Waals surface area contributed by atoms with E-state index >= 15 is 0 Å². The number of hydrogen-bond donors (Lipinski definition) is 1. The Labute approximate surface area is 78.4 Å². The van der Waals surface area contributed by atoms with Crippen LogP contribution in [0.25, 0.3) is 5.65 Å². The Balaban J connectivity index is 2.82. The van der Waals surface area contributed by atoms with Crippen molar-refractivity contribution in [2.24, 2.45) is 0 Å². The maximum Gasteiger partial charge on any atom is 0.352 e. The van der Waals surface area contributed by atoms with E-state index in [2.05, 4.69) is 4.98 Å². The molecule has 0 aliphatic carbocycles. The smallest absolute Gasteiger partial charge is 0.352 e. The standard InChI is InChI=1S/C8H5ClN2O2/c9-6-4-11-5(8(12)13)2-1-3-7(11)10-6/h1-4H,(H,12,13). The number of nitrogens with zero attached hydrogens (tertiary/aromatic N) is 2. The van der Waals surface area contributed by atoms with Crippen LogP contribution in [0.2, 0.25) is 5.15 Å². The molecule has 2 aromatic heterocycles. The molecule has 0 fully saturated rings. The van der Waals surface area contributed by atoms with E-state index in [4.69, 9.17) is 16.7 Å². The first kappa shape index (κ1) is 8.07. The largest absolute Gasteiger partial charge is 0.477 e. The van der Waals surface area contributed by atoms with Crippen LogP contribution in [-0.2, 0) is 0 Å². The van der Waals surface area contributed by atoms with Gasteiger partial charge in [-0.1, -0.05) is 17.7 Å². The minimum Gasteiger partial charge on any atom is -0.477 e. The van der Waals surface area contributed by atoms with Gasteiger partial charge in [-0.25, -0.2) is 9.78 Å². The Kier molecular flexibility index (Phi) is 1.70. The van der Waals surface area contributed by atoms with Gasteiger partial charge in [0.05, 0.1) is 0 Å². The van der Waals surface area contributed by atoms with E-state index in [0.717, 1.165) is 0 Å². The number of pyridine rings is 1. The van der Waals surface area contributed by atoms with Crippen LogP contribution in [0.15, 0.2) is 24.4 Å². The van der Waals surface area contributed by atoms with Crippen molar-refractivity contribution in [2.45, 2.75) is 0 Å². The summed E-state index contributed by atoms with van der Waals surface area (Å²) >= 11 is 5.63. The first-order chi connectivity index (χ1) is 6.18. The fourth-order valence-electron chi connectivity index (χ4n) is 1.16. The molecule has 0 aliphatic rings. The van der Waals surface area contributed by atoms with Crippen molar-refractivity contribution in [1.82, 2.24) is 9.38 Å². The molecule has 0 unspecified atom stereocenters. The normalized spacial score (nSPS) is 10.5. The van der Waals surface area contributed by atoms with Gasteiger partial charge in [-0.05, 0) is 12.1 Å². The molecule has 2 heterocycles. The number of hydrogen-bond acceptors (Lipinski definition) is 2. The van der Waals surface area contributed by atoms with Gasteiger partial charge >= 0.3 is 5.97 Å². The minimum absolute atomic E-state index is 0.150. The summed E-state index contributed by atoms with van der Waals surface area (Å²) in [5, 5.41) is 9.09. The zero-order valence-corrected chi connectivity index (χ0v) is 7.19. The second-order valence-electron chi connectivity index (χ2n) is 2.51. The molecule has 0 radical (unpaired) electrons. The third-order valence-electron chi connectivity index (χ3n) is 1.68. The lowest BCUT2D eigenvalue weighted by Gasteiger charge is -1.97. The Morgan fingerprint density at radius 1 is 1.54 bits per heavy atom. The Bertz CT molecular complexity index is 478. The molecule has 0 atom stereocenters. The zero-order chi connectivity index (χ0) is 9.42. The molecular weight excluding hydrogens is 192 g/mol. The van der Waals surface area contributed by atoms with Crippen LogP contribution in [-0.4, -0.2) is 20.5 Å². The third kappa shape index (κ3) is 1.25. The SMILES string of the molecule is O=C(O)c1cccc2nc(Cl)cn12. The van der Waals surface area contributed by atoms with Crippen molar-refractivity contribution in [3.05, 3.63) is 35.2 Å². The first-order valence-electron chi connectivity index (χ1n) is 3.55. The molecule has 5 heteroatoms. The van der Waals surface area contributed by atoms with E-state index in [0.29, 0.717) is 5.65 Å². The lowest BCUT2D eigenvalue weighted by molar-refractivity contribution is 0.0689. The van der Waals surface area contributed by atoms with Crippen LogP contribution in [0.4, 0.5) is 0 Å². The zero-order valence-electron chi connectivity index (χ0n) is 6.44. The lowest BCUT2D eigenvalue weighted by atomic mass is 10.3. The van der Waals surface area contributed by atoms with Crippen molar-refractivity contribution in [3.8, 4) is 0 Å². The van der Waals surface area contributed by atoms with E-state index in [1.165, 1.54) is 16.7 Å². The van der Waals surface area contributed by atoms with Gasteiger partial charge in [0, 0.05) is 6.20 Å². The summed E-state index contributed by atoms with van der Waals surface area (Å²) in [6, 6.07) is 4.81. The van der Waals surface area contributed by atoms with Gasteiger partial charge < -0.3 is 5.11 Å². The van der Waals surface area contributed by atoms with E-state index < -0.39 is 5.97 Å². The molecule has 66 valence electrons. The highest BCUT2D eigenvalue weighted by Crippen LogP contribution is 2.12. The van der Waals surface area contributed by atoms with Gasteiger partial charge in [0.25, 0.3) is 0 Å². The van der Waals surface area contributed by atoms with Gasteiger partial charge in [-0.2, -0.15) is 0 Å². The quantitative estimate of drug-likeness (QED) is 0.755. The first-order valence-corrected chi connectivity index (χ1v) is 3.93. The Morgan fingerprint density at radius 2 is 2.31 bits per heavy atom. The summed E-state index contributed by atoms with van der Waals surface area (Å²) in [4.78, 5) is 14.7. The predicted molar refractivity (Wildman–Crippen MR) is 47.2 cm³/mol. The fraction of sp³-hybridized carbons (Fsp3) is 0. The Morgan fingerprint density at radius 3 is 3.00 bits per heavy atom. The molecule has 1 N–H and O–H groups in total. The summed E-state index contributed by atoms with van der Waals surface area (Å²) in [6.07, 6.45) is 1.47. The highest BCUT2D eigenvalue weighted by Gasteiger charge is 2.08. The van der Waals surface area contributed by atoms with Crippen LogP contribution >= 0.6 is 11.6 Å². The second-order valence-corrected chi connectivity index (χ2v) is 2.90. The summed E-state index contributed by atoms with van der Waals surface area (Å²) in [6.45, 7) is 0. The van der Waals surface area contributed by atoms with Crippen molar-refractivity contribution in [2.75, 3.05) is 0 Å². The number of aromatic carboxylic acids is 1. The molecule has 0 spiro atoms. The summed E-state index contributed by atoms with van der Waals surface area (Å²) in [5.41, 5.74) is 0.682. The van der Waals surface area contributed by atoms with Gasteiger partial charge in [0.15, 0.2) is 0 Å². The van der Waals surface area contributed by atoms with Gasteiger partial charge in [-0.3, -0.25) is 4.40 Å². The molecule has 0 saturated heterocycles. The number of halogens is 1. The topological polar surface area (TPSA) is 54.6 Å². The molecule has 4 nitrogen and oxygen atoms in total. The van der Waals surface area contributed by atoms with Gasteiger partial charge in [-0.15, -0.1) is 0 Å². The minimum atomic E-state index is -1.00. The van der Waals surface area contributed by atoms with E-state index in [-0.39, 0.29) is 10.8 Å². The van der Waals surface area contributed by atoms with E-state index in [1.54, 1.807) is 12.1 Å². The number of imidazole rings is 1. The molecule has 0 amide bonds. The van der Waals surface area contributed by atoms with Crippen LogP contribution in [0.1, 0.15) is 10.5 Å². The van der Waals surface area contributed by atoms with Crippen LogP contribution in [0.5, 0.6) is 0 Å². The number of aromatic nitrogens is 2. The highest BCUT2D eigenvalue weighted by atomic mass is 35.5. The van der Waals surface area contributed by atoms with Crippen molar-refractivity contribution in [3.63, 3.8) is 0 Å². The molecule has 0 bridgehead atoms. The summed E-state index contributed by atoms with van der Waals surface area (Å²) < 4.78 is 1.44. The highest BCUT2D eigenvalue weighted by molar-refractivity contribution is 6.29. The predicted octanol–water partition coefficient (Wildman–Crippen LogP) is 1.69. The molecule has 2 aromatic rings. The summed E-state index contributed by atoms with van der Waals surface area (Å²) in [5.74, 6) is -1.00.